The third kappa shape index (κ3) is 1.40. The van der Waals surface area contributed by atoms with E-state index in [2.05, 4.69) is 4.98 Å². The maximum Gasteiger partial charge on any atom is 0.189 e. The summed E-state index contributed by atoms with van der Waals surface area (Å²) < 4.78 is 5.24. The normalized spacial score (nSPS) is 10.6. The van der Waals surface area contributed by atoms with Crippen molar-refractivity contribution in [3.05, 3.63) is 39.7 Å². The van der Waals surface area contributed by atoms with E-state index in [1.807, 2.05) is 19.9 Å². The Morgan fingerprint density at radius 2 is 2.07 bits per heavy atom. The number of fused-ring (bicyclic) bond motifs is 1. The van der Waals surface area contributed by atoms with E-state index in [0.717, 1.165) is 22.4 Å². The van der Waals surface area contributed by atoms with Gasteiger partial charge in [0, 0.05) is 17.8 Å². The van der Waals surface area contributed by atoms with Gasteiger partial charge in [0.25, 0.3) is 0 Å². The summed E-state index contributed by atoms with van der Waals surface area (Å²) in [4.78, 5) is 14.8. The van der Waals surface area contributed by atoms with Crippen molar-refractivity contribution in [3.8, 4) is 5.75 Å². The van der Waals surface area contributed by atoms with Crippen LogP contribution in [-0.4, -0.2) is 12.1 Å². The summed E-state index contributed by atoms with van der Waals surface area (Å²) in [5.41, 5.74) is 2.83. The van der Waals surface area contributed by atoms with E-state index in [4.69, 9.17) is 4.74 Å². The zero-order valence-electron chi connectivity index (χ0n) is 9.05. The highest BCUT2D eigenvalue weighted by atomic mass is 16.5. The highest BCUT2D eigenvalue weighted by molar-refractivity contribution is 5.86. The topological polar surface area (TPSA) is 42.1 Å². The molecule has 1 heterocycles. The molecule has 0 saturated carbocycles. The lowest BCUT2D eigenvalue weighted by Crippen LogP contribution is -2.04. The van der Waals surface area contributed by atoms with Gasteiger partial charge in [0.2, 0.25) is 0 Å². The molecule has 0 fully saturated rings. The number of aryl methyl sites for hydroxylation is 2. The van der Waals surface area contributed by atoms with Gasteiger partial charge in [-0.2, -0.15) is 0 Å². The van der Waals surface area contributed by atoms with E-state index in [0.29, 0.717) is 5.39 Å². The number of aromatic nitrogens is 1. The molecule has 0 saturated heterocycles. The molecule has 0 amide bonds. The molecule has 2 aromatic rings. The Hall–Kier alpha value is -1.77. The average molecular weight is 203 g/mol. The van der Waals surface area contributed by atoms with Crippen molar-refractivity contribution in [2.45, 2.75) is 13.8 Å². The molecule has 78 valence electrons. The maximum atomic E-state index is 11.7. The lowest BCUT2D eigenvalue weighted by atomic mass is 10.0. The van der Waals surface area contributed by atoms with Crippen molar-refractivity contribution < 1.29 is 4.74 Å². The molecule has 1 aromatic carbocycles. The van der Waals surface area contributed by atoms with Gasteiger partial charge in [0.05, 0.1) is 18.0 Å². The molecule has 0 bridgehead atoms. The summed E-state index contributed by atoms with van der Waals surface area (Å²) in [5, 5.41) is 0.717. The summed E-state index contributed by atoms with van der Waals surface area (Å²) >= 11 is 0. The van der Waals surface area contributed by atoms with Gasteiger partial charge >= 0.3 is 0 Å². The third-order valence-electron chi connectivity index (χ3n) is 2.67. The predicted octanol–water partition coefficient (Wildman–Crippen LogP) is 2.15. The second kappa shape index (κ2) is 3.42. The number of methoxy groups -OCH3 is 1. The Kier molecular flexibility index (Phi) is 2.23. The lowest BCUT2D eigenvalue weighted by Gasteiger charge is -2.09. The van der Waals surface area contributed by atoms with Crippen LogP contribution in [0.25, 0.3) is 10.9 Å². The van der Waals surface area contributed by atoms with Gasteiger partial charge in [-0.25, -0.2) is 0 Å². The fraction of sp³-hybridized carbons (Fsp3) is 0.250. The first-order valence-corrected chi connectivity index (χ1v) is 4.80. The zero-order chi connectivity index (χ0) is 11.0. The van der Waals surface area contributed by atoms with Crippen LogP contribution in [0, 0.1) is 13.8 Å². The third-order valence-corrected chi connectivity index (χ3v) is 2.67. The number of hydrogen-bond acceptors (Lipinski definition) is 2. The fourth-order valence-corrected chi connectivity index (χ4v) is 1.87. The first kappa shape index (κ1) is 9.77. The molecule has 0 aliphatic carbocycles. The Morgan fingerprint density at radius 3 is 2.73 bits per heavy atom. The molecule has 3 heteroatoms. The van der Waals surface area contributed by atoms with Crippen LogP contribution >= 0.6 is 0 Å². The standard InChI is InChI=1S/C12H13NO2/c1-7-6-10(15-3)8(2)11-9(14)4-5-13-12(7)11/h4-6H,1-3H3,(H,13,14). The summed E-state index contributed by atoms with van der Waals surface area (Å²) in [6.45, 7) is 3.86. The maximum absolute atomic E-state index is 11.7. The summed E-state index contributed by atoms with van der Waals surface area (Å²) in [6.07, 6.45) is 1.67. The Morgan fingerprint density at radius 1 is 1.33 bits per heavy atom. The van der Waals surface area contributed by atoms with Crippen LogP contribution in [0.15, 0.2) is 23.1 Å². The number of hydrogen-bond donors (Lipinski definition) is 1. The van der Waals surface area contributed by atoms with Crippen molar-refractivity contribution in [1.82, 2.24) is 4.98 Å². The number of nitrogens with one attached hydrogen (secondary N) is 1. The van der Waals surface area contributed by atoms with Crippen LogP contribution in [0.3, 0.4) is 0 Å². The van der Waals surface area contributed by atoms with Gasteiger partial charge in [-0.15, -0.1) is 0 Å². The van der Waals surface area contributed by atoms with E-state index in [-0.39, 0.29) is 5.43 Å². The molecule has 1 N–H and O–H groups in total. The number of pyridine rings is 1. The smallest absolute Gasteiger partial charge is 0.189 e. The molecule has 0 unspecified atom stereocenters. The molecule has 3 nitrogen and oxygen atoms in total. The van der Waals surface area contributed by atoms with Crippen LogP contribution in [-0.2, 0) is 0 Å². The number of rotatable bonds is 1. The lowest BCUT2D eigenvalue weighted by molar-refractivity contribution is 0.412. The number of H-pyrrole nitrogens is 1. The van der Waals surface area contributed by atoms with Gasteiger partial charge in [-0.1, -0.05) is 0 Å². The zero-order valence-corrected chi connectivity index (χ0v) is 9.05. The Bertz CT molecular complexity index is 570. The minimum absolute atomic E-state index is 0.0308. The molecule has 0 spiro atoms. The Labute approximate surface area is 87.7 Å². The van der Waals surface area contributed by atoms with Crippen molar-refractivity contribution >= 4 is 10.9 Å². The molecular formula is C12H13NO2. The molecule has 15 heavy (non-hydrogen) atoms. The van der Waals surface area contributed by atoms with Gasteiger partial charge in [0.15, 0.2) is 5.43 Å². The van der Waals surface area contributed by atoms with Crippen LogP contribution in [0.5, 0.6) is 5.75 Å². The van der Waals surface area contributed by atoms with Gasteiger partial charge in [-0.05, 0) is 25.5 Å². The molecule has 0 aliphatic heterocycles. The van der Waals surface area contributed by atoms with Crippen LogP contribution in [0.4, 0.5) is 0 Å². The van der Waals surface area contributed by atoms with E-state index < -0.39 is 0 Å². The van der Waals surface area contributed by atoms with Crippen LogP contribution in [0.1, 0.15) is 11.1 Å². The van der Waals surface area contributed by atoms with Crippen molar-refractivity contribution in [1.29, 1.82) is 0 Å². The first-order chi connectivity index (χ1) is 7.15. The van der Waals surface area contributed by atoms with E-state index in [9.17, 15) is 4.79 Å². The predicted molar refractivity (Wildman–Crippen MR) is 60.6 cm³/mol. The molecule has 0 radical (unpaired) electrons. The summed E-state index contributed by atoms with van der Waals surface area (Å²) in [5.74, 6) is 0.761. The van der Waals surface area contributed by atoms with Crippen molar-refractivity contribution in [2.24, 2.45) is 0 Å². The number of ether oxygens (including phenoxy) is 1. The van der Waals surface area contributed by atoms with Crippen molar-refractivity contribution in [2.75, 3.05) is 7.11 Å². The summed E-state index contributed by atoms with van der Waals surface area (Å²) in [6, 6.07) is 3.47. The fourth-order valence-electron chi connectivity index (χ4n) is 1.87. The summed E-state index contributed by atoms with van der Waals surface area (Å²) in [7, 11) is 1.62. The highest BCUT2D eigenvalue weighted by Crippen LogP contribution is 2.26. The Balaban J connectivity index is 3.01. The second-order valence-electron chi connectivity index (χ2n) is 3.61. The quantitative estimate of drug-likeness (QED) is 0.771. The number of benzene rings is 1. The van der Waals surface area contributed by atoms with Gasteiger partial charge in [0.1, 0.15) is 5.75 Å². The molecule has 0 aliphatic rings. The second-order valence-corrected chi connectivity index (χ2v) is 3.61. The van der Waals surface area contributed by atoms with E-state index >= 15 is 0 Å². The monoisotopic (exact) mass is 203 g/mol. The van der Waals surface area contributed by atoms with E-state index in [1.165, 1.54) is 6.07 Å². The minimum Gasteiger partial charge on any atom is -0.496 e. The largest absolute Gasteiger partial charge is 0.496 e. The molecular weight excluding hydrogens is 190 g/mol. The SMILES string of the molecule is COc1cc(C)c2[nH]ccc(=O)c2c1C. The average Bonchev–Trinajstić information content (AvgIpc) is 2.23. The van der Waals surface area contributed by atoms with Crippen LogP contribution in [0.2, 0.25) is 0 Å². The molecule has 2 rings (SSSR count). The van der Waals surface area contributed by atoms with Crippen LogP contribution < -0.4 is 10.2 Å². The number of aromatic amines is 1. The van der Waals surface area contributed by atoms with Gasteiger partial charge < -0.3 is 9.72 Å². The molecule has 0 atom stereocenters. The van der Waals surface area contributed by atoms with Crippen molar-refractivity contribution in [3.63, 3.8) is 0 Å². The van der Waals surface area contributed by atoms with E-state index in [1.54, 1.807) is 13.3 Å². The first-order valence-electron chi connectivity index (χ1n) is 4.80. The minimum atomic E-state index is 0.0308. The highest BCUT2D eigenvalue weighted by Gasteiger charge is 2.09. The van der Waals surface area contributed by atoms with Gasteiger partial charge in [-0.3, -0.25) is 4.79 Å². The molecule has 1 aromatic heterocycles.